The number of ether oxygens (including phenoxy) is 6. The van der Waals surface area contributed by atoms with Crippen molar-refractivity contribution in [2.24, 2.45) is 5.11 Å². The molecule has 0 aromatic heterocycles. The molecular formula is C15H21N3O10. The summed E-state index contributed by atoms with van der Waals surface area (Å²) >= 11 is 0. The molecule has 0 aromatic carbocycles. The zero-order valence-corrected chi connectivity index (χ0v) is 15.9. The number of nitrogens with zero attached hydrogens (tertiary/aromatic N) is 3. The molecular weight excluding hydrogens is 382 g/mol. The average Bonchev–Trinajstić information content (AvgIpc) is 2.57. The van der Waals surface area contributed by atoms with E-state index in [0.29, 0.717) is 0 Å². The maximum Gasteiger partial charge on any atom is 0.303 e. The Morgan fingerprint density at radius 1 is 0.964 bits per heavy atom. The van der Waals surface area contributed by atoms with Crippen LogP contribution in [-0.4, -0.2) is 67.9 Å². The average molecular weight is 403 g/mol. The molecule has 1 aliphatic rings. The van der Waals surface area contributed by atoms with Gasteiger partial charge in [0, 0.05) is 39.7 Å². The highest BCUT2D eigenvalue weighted by Crippen LogP contribution is 2.37. The van der Waals surface area contributed by atoms with Crippen molar-refractivity contribution in [3.8, 4) is 0 Å². The molecule has 1 rings (SSSR count). The number of rotatable bonds is 7. The molecule has 156 valence electrons. The highest BCUT2D eigenvalue weighted by atomic mass is 16.8. The molecule has 1 fully saturated rings. The van der Waals surface area contributed by atoms with E-state index in [4.69, 9.17) is 34.0 Å². The van der Waals surface area contributed by atoms with Gasteiger partial charge in [-0.25, -0.2) is 0 Å². The molecule has 0 bridgehead atoms. The fourth-order valence-corrected chi connectivity index (χ4v) is 2.58. The first-order valence-electron chi connectivity index (χ1n) is 7.98. The van der Waals surface area contributed by atoms with E-state index in [0.717, 1.165) is 34.8 Å². The molecule has 0 amide bonds. The van der Waals surface area contributed by atoms with Crippen LogP contribution in [0.5, 0.6) is 0 Å². The molecule has 0 aliphatic carbocycles. The van der Waals surface area contributed by atoms with Crippen LogP contribution in [0.3, 0.4) is 0 Å². The van der Waals surface area contributed by atoms with Gasteiger partial charge in [0.15, 0.2) is 24.5 Å². The van der Waals surface area contributed by atoms with Crippen molar-refractivity contribution in [1.82, 2.24) is 0 Å². The Bertz CT molecular complexity index is 677. The van der Waals surface area contributed by atoms with Crippen LogP contribution in [0.2, 0.25) is 0 Å². The Morgan fingerprint density at radius 2 is 1.50 bits per heavy atom. The van der Waals surface area contributed by atoms with Gasteiger partial charge in [-0.3, -0.25) is 19.2 Å². The molecule has 1 saturated heterocycles. The lowest BCUT2D eigenvalue weighted by Gasteiger charge is -2.48. The molecule has 0 spiro atoms. The van der Waals surface area contributed by atoms with Crippen LogP contribution in [-0.2, 0) is 47.6 Å². The van der Waals surface area contributed by atoms with Gasteiger partial charge in [0.2, 0.25) is 5.79 Å². The van der Waals surface area contributed by atoms with Crippen molar-refractivity contribution in [1.29, 1.82) is 0 Å². The summed E-state index contributed by atoms with van der Waals surface area (Å²) in [5.41, 5.74) is 8.83. The summed E-state index contributed by atoms with van der Waals surface area (Å²) < 4.78 is 31.3. The molecule has 0 saturated carbocycles. The second-order valence-electron chi connectivity index (χ2n) is 5.69. The monoisotopic (exact) mass is 403 g/mol. The van der Waals surface area contributed by atoms with E-state index in [1.807, 2.05) is 0 Å². The van der Waals surface area contributed by atoms with Crippen LogP contribution >= 0.6 is 0 Å². The van der Waals surface area contributed by atoms with E-state index in [1.54, 1.807) is 0 Å². The smallest absolute Gasteiger partial charge is 0.303 e. The maximum absolute atomic E-state index is 11.6. The summed E-state index contributed by atoms with van der Waals surface area (Å²) in [6.07, 6.45) is -6.05. The Kier molecular flexibility index (Phi) is 8.16. The topological polar surface area (TPSA) is 172 Å². The minimum absolute atomic E-state index is 0.612. The summed E-state index contributed by atoms with van der Waals surface area (Å²) in [7, 11) is 1.14. The Hall–Kier alpha value is -2.89. The lowest BCUT2D eigenvalue weighted by molar-refractivity contribution is -0.363. The predicted octanol–water partition coefficient (Wildman–Crippen LogP) is 0.354. The highest BCUT2D eigenvalue weighted by molar-refractivity contribution is 5.68. The highest BCUT2D eigenvalue weighted by Gasteiger charge is 2.61. The second kappa shape index (κ2) is 9.88. The number of hydrogen-bond acceptors (Lipinski definition) is 11. The van der Waals surface area contributed by atoms with Gasteiger partial charge in [0.05, 0.1) is 0 Å². The fraction of sp³-hybridized carbons (Fsp3) is 0.733. The van der Waals surface area contributed by atoms with Gasteiger partial charge >= 0.3 is 23.9 Å². The van der Waals surface area contributed by atoms with Gasteiger partial charge in [-0.1, -0.05) is 5.11 Å². The first-order chi connectivity index (χ1) is 13.1. The van der Waals surface area contributed by atoms with Crippen LogP contribution in [0, 0.1) is 0 Å². The zero-order chi connectivity index (χ0) is 21.5. The van der Waals surface area contributed by atoms with Gasteiger partial charge in [-0.05, 0) is 5.53 Å². The van der Waals surface area contributed by atoms with E-state index < -0.39 is 60.8 Å². The number of methoxy groups -OCH3 is 1. The van der Waals surface area contributed by atoms with Crippen LogP contribution in [0.25, 0.3) is 10.4 Å². The lowest BCUT2D eigenvalue weighted by Crippen LogP contribution is -2.69. The van der Waals surface area contributed by atoms with Crippen molar-refractivity contribution in [2.45, 2.75) is 58.0 Å². The van der Waals surface area contributed by atoms with Crippen LogP contribution in [0.1, 0.15) is 27.7 Å². The summed E-state index contributed by atoms with van der Waals surface area (Å²) in [6, 6.07) is 0. The number of esters is 4. The number of carbonyl (C=O) groups excluding carboxylic acids is 4. The van der Waals surface area contributed by atoms with E-state index >= 15 is 0 Å². The predicted molar refractivity (Wildman–Crippen MR) is 87.1 cm³/mol. The van der Waals surface area contributed by atoms with Gasteiger partial charge in [0.25, 0.3) is 0 Å². The second-order valence-corrected chi connectivity index (χ2v) is 5.69. The maximum atomic E-state index is 11.6. The van der Waals surface area contributed by atoms with Gasteiger partial charge in [-0.2, -0.15) is 0 Å². The number of hydrogen-bond donors (Lipinski definition) is 0. The molecule has 0 N–H and O–H groups in total. The molecule has 28 heavy (non-hydrogen) atoms. The Balaban J connectivity index is 3.54. The van der Waals surface area contributed by atoms with Crippen LogP contribution < -0.4 is 0 Å². The molecule has 0 aromatic rings. The number of azide groups is 1. The van der Waals surface area contributed by atoms with Gasteiger partial charge in [-0.15, -0.1) is 0 Å². The summed E-state index contributed by atoms with van der Waals surface area (Å²) in [5, 5.41) is 3.39. The van der Waals surface area contributed by atoms with Crippen molar-refractivity contribution >= 4 is 23.9 Å². The normalized spacial score (nSPS) is 29.0. The van der Waals surface area contributed by atoms with Crippen molar-refractivity contribution in [3.63, 3.8) is 0 Å². The lowest BCUT2D eigenvalue weighted by atomic mass is 9.94. The fourth-order valence-electron chi connectivity index (χ4n) is 2.58. The van der Waals surface area contributed by atoms with Crippen LogP contribution in [0.15, 0.2) is 5.11 Å². The van der Waals surface area contributed by atoms with Crippen LogP contribution in [0.4, 0.5) is 0 Å². The molecule has 13 heteroatoms. The minimum atomic E-state index is -2.02. The molecule has 5 atom stereocenters. The molecule has 1 aliphatic heterocycles. The minimum Gasteiger partial charge on any atom is -0.460 e. The molecule has 13 nitrogen and oxygen atoms in total. The molecule has 1 heterocycles. The SMILES string of the molecule is COC1(COC(C)=O)O[C@@H](N=[N+]=[N-])[C@H](OC(C)=O)[C@@H](OC(C)=O)[C@@H]1OC(C)=O. The quantitative estimate of drug-likeness (QED) is 0.190. The summed E-state index contributed by atoms with van der Waals surface area (Å²) in [4.78, 5) is 48.7. The van der Waals surface area contributed by atoms with E-state index in [9.17, 15) is 19.2 Å². The third-order valence-corrected chi connectivity index (χ3v) is 3.54. The Labute approximate surface area is 159 Å². The van der Waals surface area contributed by atoms with Gasteiger partial charge in [0.1, 0.15) is 6.61 Å². The standard InChI is InChI=1S/C15H21N3O10/c1-7(19)24-6-15(23-5)13(27-10(4)22)11(25-8(2)20)12(26-9(3)21)14(28-15)17-18-16/h11-14H,6H2,1-5H3/t11-,12-,13+,14-,15?/m1/s1. The van der Waals surface area contributed by atoms with E-state index in [-0.39, 0.29) is 0 Å². The Morgan fingerprint density at radius 3 is 1.93 bits per heavy atom. The van der Waals surface area contributed by atoms with Gasteiger partial charge < -0.3 is 28.4 Å². The number of carbonyl (C=O) groups is 4. The molecule has 1 unspecified atom stereocenters. The summed E-state index contributed by atoms with van der Waals surface area (Å²) in [6.45, 7) is 3.70. The first-order valence-corrected chi connectivity index (χ1v) is 7.98. The van der Waals surface area contributed by atoms with Crippen molar-refractivity contribution in [2.75, 3.05) is 13.7 Å². The largest absolute Gasteiger partial charge is 0.460 e. The zero-order valence-electron chi connectivity index (χ0n) is 15.9. The summed E-state index contributed by atoms with van der Waals surface area (Å²) in [5.74, 6) is -5.19. The van der Waals surface area contributed by atoms with E-state index in [2.05, 4.69) is 10.0 Å². The third-order valence-electron chi connectivity index (χ3n) is 3.54. The van der Waals surface area contributed by atoms with Crippen molar-refractivity contribution < 1.29 is 47.6 Å². The third kappa shape index (κ3) is 5.81. The van der Waals surface area contributed by atoms with Crippen molar-refractivity contribution in [3.05, 3.63) is 10.4 Å². The first kappa shape index (κ1) is 23.1. The molecule has 0 radical (unpaired) electrons. The van der Waals surface area contributed by atoms with E-state index in [1.165, 1.54) is 0 Å².